The first-order valence-electron chi connectivity index (χ1n) is 9.36. The van der Waals surface area contributed by atoms with Crippen LogP contribution in [0.2, 0.25) is 10.0 Å². The lowest BCUT2D eigenvalue weighted by Gasteiger charge is -2.14. The zero-order chi connectivity index (χ0) is 21.3. The normalized spacial score (nSPS) is 10.5. The van der Waals surface area contributed by atoms with Gasteiger partial charge in [-0.3, -0.25) is 4.79 Å². The fourth-order valence-corrected chi connectivity index (χ4v) is 4.16. The Morgan fingerprint density at radius 3 is 2.47 bits per heavy atom. The molecule has 3 aromatic rings. The molecule has 156 valence electrons. The zero-order valence-corrected chi connectivity index (χ0v) is 19.1. The molecule has 3 rings (SSSR count). The highest BCUT2D eigenvalue weighted by atomic mass is 79.9. The number of para-hydroxylation sites is 2. The molecule has 0 aliphatic carbocycles. The van der Waals surface area contributed by atoms with E-state index in [2.05, 4.69) is 33.4 Å². The largest absolute Gasteiger partial charge is 0.491 e. The molecule has 1 N–H and O–H groups in total. The van der Waals surface area contributed by atoms with Crippen molar-refractivity contribution >= 4 is 50.7 Å². The average molecular weight is 509 g/mol. The van der Waals surface area contributed by atoms with Gasteiger partial charge in [0.2, 0.25) is 0 Å². The number of rotatable bonds is 9. The molecule has 0 aliphatic heterocycles. The van der Waals surface area contributed by atoms with E-state index in [0.29, 0.717) is 38.3 Å². The van der Waals surface area contributed by atoms with Gasteiger partial charge in [-0.05, 0) is 58.6 Å². The van der Waals surface area contributed by atoms with Crippen molar-refractivity contribution < 1.29 is 14.3 Å². The van der Waals surface area contributed by atoms with Gasteiger partial charge in [-0.15, -0.1) is 0 Å². The molecular weight excluding hydrogens is 489 g/mol. The maximum Gasteiger partial charge on any atom is 0.262 e. The molecule has 0 heterocycles. The number of aryl methyl sites for hydroxylation is 1. The minimum absolute atomic E-state index is 0.206. The molecule has 0 unspecified atom stereocenters. The quantitative estimate of drug-likeness (QED) is 0.324. The summed E-state index contributed by atoms with van der Waals surface area (Å²) in [5, 5.41) is 3.61. The lowest BCUT2D eigenvalue weighted by molar-refractivity contribution is -0.118. The van der Waals surface area contributed by atoms with Gasteiger partial charge in [-0.2, -0.15) is 0 Å². The van der Waals surface area contributed by atoms with Crippen LogP contribution in [-0.2, 0) is 11.2 Å². The molecule has 0 saturated heterocycles. The Morgan fingerprint density at radius 1 is 0.967 bits per heavy atom. The minimum atomic E-state index is -0.326. The van der Waals surface area contributed by atoms with Gasteiger partial charge in [0.15, 0.2) is 12.4 Å². The fraction of sp³-hybridized carbons (Fsp3) is 0.174. The monoisotopic (exact) mass is 507 g/mol. The topological polar surface area (TPSA) is 47.6 Å². The molecule has 7 heteroatoms. The summed E-state index contributed by atoms with van der Waals surface area (Å²) in [6, 6.07) is 20.8. The van der Waals surface area contributed by atoms with Gasteiger partial charge in [0.1, 0.15) is 5.75 Å². The van der Waals surface area contributed by atoms with E-state index in [1.54, 1.807) is 18.2 Å². The molecule has 0 spiro atoms. The molecule has 0 bridgehead atoms. The summed E-state index contributed by atoms with van der Waals surface area (Å²) in [7, 11) is 0. The van der Waals surface area contributed by atoms with Gasteiger partial charge in [0, 0.05) is 5.02 Å². The molecule has 4 nitrogen and oxygen atoms in total. The minimum Gasteiger partial charge on any atom is -0.491 e. The second-order valence-electron chi connectivity index (χ2n) is 6.47. The fourth-order valence-electron chi connectivity index (χ4n) is 2.79. The third kappa shape index (κ3) is 6.66. The molecule has 3 aromatic carbocycles. The van der Waals surface area contributed by atoms with Gasteiger partial charge < -0.3 is 14.8 Å². The SMILES string of the molecule is O=C(COc1c(Cl)cc(Cl)cc1Br)Nc1ccccc1OCCCc1ccccc1. The summed E-state index contributed by atoms with van der Waals surface area (Å²) in [5.41, 5.74) is 1.86. The Balaban J connectivity index is 1.52. The smallest absolute Gasteiger partial charge is 0.262 e. The van der Waals surface area contributed by atoms with Crippen LogP contribution in [0.5, 0.6) is 11.5 Å². The second-order valence-corrected chi connectivity index (χ2v) is 8.17. The first-order chi connectivity index (χ1) is 14.5. The third-order valence-electron chi connectivity index (χ3n) is 4.18. The van der Waals surface area contributed by atoms with Gasteiger partial charge in [-0.25, -0.2) is 0 Å². The molecular formula is C23H20BrCl2NO3. The van der Waals surface area contributed by atoms with Crippen molar-refractivity contribution in [3.8, 4) is 11.5 Å². The van der Waals surface area contributed by atoms with Crippen LogP contribution in [0.4, 0.5) is 5.69 Å². The van der Waals surface area contributed by atoms with Crippen LogP contribution >= 0.6 is 39.1 Å². The standard InChI is InChI=1S/C23H20BrCl2NO3/c24-18-13-17(25)14-19(26)23(18)30-15-22(28)27-20-10-4-5-11-21(20)29-12-6-9-16-7-2-1-3-8-16/h1-5,7-8,10-11,13-14H,6,9,12,15H2,(H,27,28). The van der Waals surface area contributed by atoms with Crippen LogP contribution in [0, 0.1) is 0 Å². The van der Waals surface area contributed by atoms with Gasteiger partial charge >= 0.3 is 0 Å². The molecule has 0 aliphatic rings. The number of anilines is 1. The highest BCUT2D eigenvalue weighted by molar-refractivity contribution is 9.10. The summed E-state index contributed by atoms with van der Waals surface area (Å²) in [6.07, 6.45) is 1.80. The summed E-state index contributed by atoms with van der Waals surface area (Å²) in [5.74, 6) is 0.652. The van der Waals surface area contributed by atoms with Crippen molar-refractivity contribution in [1.29, 1.82) is 0 Å². The van der Waals surface area contributed by atoms with Crippen LogP contribution in [0.25, 0.3) is 0 Å². The number of carbonyl (C=O) groups is 1. The maximum atomic E-state index is 12.4. The number of amides is 1. The van der Waals surface area contributed by atoms with E-state index in [9.17, 15) is 4.79 Å². The summed E-state index contributed by atoms with van der Waals surface area (Å²) < 4.78 is 12.0. The number of halogens is 3. The Kier molecular flexibility index (Phi) is 8.43. The molecule has 0 fully saturated rings. The number of hydrogen-bond acceptors (Lipinski definition) is 3. The Hall–Kier alpha value is -2.21. The van der Waals surface area contributed by atoms with E-state index < -0.39 is 0 Å². The summed E-state index contributed by atoms with van der Waals surface area (Å²) in [6.45, 7) is 0.341. The van der Waals surface area contributed by atoms with Crippen molar-refractivity contribution in [1.82, 2.24) is 0 Å². The lowest BCUT2D eigenvalue weighted by atomic mass is 10.1. The molecule has 1 amide bonds. The van der Waals surface area contributed by atoms with Crippen molar-refractivity contribution in [3.05, 3.63) is 86.8 Å². The summed E-state index contributed by atoms with van der Waals surface area (Å²) in [4.78, 5) is 12.4. The van der Waals surface area contributed by atoms with Gasteiger partial charge in [0.25, 0.3) is 5.91 Å². The van der Waals surface area contributed by atoms with Gasteiger partial charge in [0.05, 0.1) is 21.8 Å². The van der Waals surface area contributed by atoms with Crippen LogP contribution in [0.1, 0.15) is 12.0 Å². The van der Waals surface area contributed by atoms with E-state index in [0.717, 1.165) is 12.8 Å². The highest BCUT2D eigenvalue weighted by Gasteiger charge is 2.13. The molecule has 0 saturated carbocycles. The first-order valence-corrected chi connectivity index (χ1v) is 10.9. The molecule has 30 heavy (non-hydrogen) atoms. The average Bonchev–Trinajstić information content (AvgIpc) is 2.72. The van der Waals surface area contributed by atoms with E-state index >= 15 is 0 Å². The van der Waals surface area contributed by atoms with E-state index in [-0.39, 0.29) is 12.5 Å². The van der Waals surface area contributed by atoms with Crippen LogP contribution in [0.3, 0.4) is 0 Å². The molecule has 0 radical (unpaired) electrons. The van der Waals surface area contributed by atoms with Crippen LogP contribution in [-0.4, -0.2) is 19.1 Å². The Labute approximate surface area is 194 Å². The predicted molar refractivity (Wildman–Crippen MR) is 125 cm³/mol. The van der Waals surface area contributed by atoms with E-state index in [1.807, 2.05) is 36.4 Å². The first kappa shape index (κ1) is 22.5. The van der Waals surface area contributed by atoms with Crippen molar-refractivity contribution in [2.45, 2.75) is 12.8 Å². The lowest BCUT2D eigenvalue weighted by Crippen LogP contribution is -2.21. The van der Waals surface area contributed by atoms with E-state index in [1.165, 1.54) is 5.56 Å². The van der Waals surface area contributed by atoms with Crippen molar-refractivity contribution in [2.75, 3.05) is 18.5 Å². The van der Waals surface area contributed by atoms with Crippen LogP contribution in [0.15, 0.2) is 71.2 Å². The molecule has 0 atom stereocenters. The third-order valence-corrected chi connectivity index (χ3v) is 5.27. The summed E-state index contributed by atoms with van der Waals surface area (Å²) >= 11 is 15.4. The zero-order valence-electron chi connectivity index (χ0n) is 16.0. The predicted octanol–water partition coefficient (Wildman–Crippen LogP) is 6.79. The number of ether oxygens (including phenoxy) is 2. The number of benzene rings is 3. The van der Waals surface area contributed by atoms with Crippen LogP contribution < -0.4 is 14.8 Å². The number of carbonyl (C=O) groups excluding carboxylic acids is 1. The van der Waals surface area contributed by atoms with Crippen molar-refractivity contribution in [2.24, 2.45) is 0 Å². The van der Waals surface area contributed by atoms with E-state index in [4.69, 9.17) is 32.7 Å². The second kappa shape index (κ2) is 11.3. The van der Waals surface area contributed by atoms with Crippen molar-refractivity contribution in [3.63, 3.8) is 0 Å². The maximum absolute atomic E-state index is 12.4. The Morgan fingerprint density at radius 2 is 1.70 bits per heavy atom. The highest BCUT2D eigenvalue weighted by Crippen LogP contribution is 2.36. The Bertz CT molecular complexity index is 976. The molecule has 0 aromatic heterocycles. The van der Waals surface area contributed by atoms with Gasteiger partial charge in [-0.1, -0.05) is 65.7 Å². The number of hydrogen-bond donors (Lipinski definition) is 1. The number of nitrogens with one attached hydrogen (secondary N) is 1.